The minimum Gasteiger partial charge on any atom is -0.506 e. The molecule has 1 aromatic heterocycles. The standard InChI is InChI=1S/C11H7IN2O2/c12-10-2-7(1-8(5-15)11(10)16)9-3-13-6-14-4-9/h1-6,16H. The molecule has 0 bridgehead atoms. The van der Waals surface area contributed by atoms with Crippen LogP contribution in [0.4, 0.5) is 0 Å². The molecular formula is C11H7IN2O2. The van der Waals surface area contributed by atoms with Crippen LogP contribution in [0.3, 0.4) is 0 Å². The molecule has 0 saturated carbocycles. The largest absolute Gasteiger partial charge is 0.506 e. The Bertz CT molecular complexity index is 529. The second-order valence-electron chi connectivity index (χ2n) is 3.14. The molecule has 1 N–H and O–H groups in total. The number of benzene rings is 1. The third-order valence-corrected chi connectivity index (χ3v) is 2.94. The first-order chi connectivity index (χ1) is 7.72. The summed E-state index contributed by atoms with van der Waals surface area (Å²) in [5, 5.41) is 9.60. The van der Waals surface area contributed by atoms with Crippen molar-refractivity contribution in [3.8, 4) is 16.9 Å². The van der Waals surface area contributed by atoms with Gasteiger partial charge in [-0.2, -0.15) is 0 Å². The van der Waals surface area contributed by atoms with Gasteiger partial charge in [0, 0.05) is 18.0 Å². The van der Waals surface area contributed by atoms with Crippen molar-refractivity contribution in [2.24, 2.45) is 0 Å². The lowest BCUT2D eigenvalue weighted by Crippen LogP contribution is -1.89. The molecule has 0 saturated heterocycles. The SMILES string of the molecule is O=Cc1cc(-c2cncnc2)cc(I)c1O. The molecule has 0 radical (unpaired) electrons. The van der Waals surface area contributed by atoms with Gasteiger partial charge in [-0.3, -0.25) is 4.79 Å². The summed E-state index contributed by atoms with van der Waals surface area (Å²) in [4.78, 5) is 18.6. The van der Waals surface area contributed by atoms with E-state index >= 15 is 0 Å². The van der Waals surface area contributed by atoms with Crippen molar-refractivity contribution in [2.75, 3.05) is 0 Å². The number of phenols is 1. The maximum atomic E-state index is 10.8. The third-order valence-electron chi connectivity index (χ3n) is 2.11. The molecule has 0 amide bonds. The molecule has 4 nitrogen and oxygen atoms in total. The number of aldehydes is 1. The van der Waals surface area contributed by atoms with Crippen LogP contribution in [0.5, 0.6) is 5.75 Å². The topological polar surface area (TPSA) is 63.1 Å². The van der Waals surface area contributed by atoms with Crippen molar-refractivity contribution in [3.05, 3.63) is 40.0 Å². The van der Waals surface area contributed by atoms with E-state index in [4.69, 9.17) is 0 Å². The van der Waals surface area contributed by atoms with Gasteiger partial charge in [0.1, 0.15) is 12.1 Å². The summed E-state index contributed by atoms with van der Waals surface area (Å²) in [6, 6.07) is 3.39. The number of rotatable bonds is 2. The molecule has 1 aromatic carbocycles. The van der Waals surface area contributed by atoms with E-state index in [1.54, 1.807) is 24.5 Å². The summed E-state index contributed by atoms with van der Waals surface area (Å²) >= 11 is 1.98. The third kappa shape index (κ3) is 2.04. The van der Waals surface area contributed by atoms with Gasteiger partial charge >= 0.3 is 0 Å². The van der Waals surface area contributed by atoms with Crippen molar-refractivity contribution >= 4 is 28.9 Å². The van der Waals surface area contributed by atoms with Gasteiger partial charge in [0.2, 0.25) is 0 Å². The summed E-state index contributed by atoms with van der Waals surface area (Å²) < 4.78 is 0.626. The predicted molar refractivity (Wildman–Crippen MR) is 67.2 cm³/mol. The molecule has 1 heterocycles. The summed E-state index contributed by atoms with van der Waals surface area (Å²) in [7, 11) is 0. The van der Waals surface area contributed by atoms with E-state index in [9.17, 15) is 9.90 Å². The fourth-order valence-electron chi connectivity index (χ4n) is 1.32. The maximum Gasteiger partial charge on any atom is 0.153 e. The number of nitrogens with zero attached hydrogens (tertiary/aromatic N) is 2. The molecule has 16 heavy (non-hydrogen) atoms. The first-order valence-electron chi connectivity index (χ1n) is 4.45. The molecule has 2 rings (SSSR count). The monoisotopic (exact) mass is 326 g/mol. The highest BCUT2D eigenvalue weighted by Crippen LogP contribution is 2.29. The number of phenolic OH excluding ortho intramolecular Hbond substituents is 1. The molecule has 0 aliphatic heterocycles. The van der Waals surface area contributed by atoms with Crippen LogP contribution in [0.25, 0.3) is 11.1 Å². The molecule has 2 aromatic rings. The number of aromatic hydroxyl groups is 1. The van der Waals surface area contributed by atoms with E-state index in [0.29, 0.717) is 9.86 Å². The number of hydrogen-bond acceptors (Lipinski definition) is 4. The van der Waals surface area contributed by atoms with Crippen molar-refractivity contribution < 1.29 is 9.90 Å². The summed E-state index contributed by atoms with van der Waals surface area (Å²) in [6.45, 7) is 0. The second-order valence-corrected chi connectivity index (χ2v) is 4.30. The highest BCUT2D eigenvalue weighted by molar-refractivity contribution is 14.1. The van der Waals surface area contributed by atoms with Gasteiger partial charge in [0.05, 0.1) is 9.13 Å². The first-order valence-corrected chi connectivity index (χ1v) is 5.53. The van der Waals surface area contributed by atoms with E-state index in [2.05, 4.69) is 9.97 Å². The second kappa shape index (κ2) is 4.56. The zero-order valence-corrected chi connectivity index (χ0v) is 10.2. The van der Waals surface area contributed by atoms with E-state index < -0.39 is 0 Å². The van der Waals surface area contributed by atoms with Gasteiger partial charge < -0.3 is 5.11 Å². The van der Waals surface area contributed by atoms with Crippen LogP contribution in [0, 0.1) is 3.57 Å². The Labute approximate surface area is 106 Å². The van der Waals surface area contributed by atoms with Crippen molar-refractivity contribution in [1.82, 2.24) is 9.97 Å². The molecular weight excluding hydrogens is 319 g/mol. The van der Waals surface area contributed by atoms with E-state index in [-0.39, 0.29) is 11.3 Å². The molecule has 80 valence electrons. The Balaban J connectivity index is 2.59. The molecule has 0 atom stereocenters. The molecule has 0 aliphatic carbocycles. The number of hydrogen-bond donors (Lipinski definition) is 1. The average Bonchev–Trinajstić information content (AvgIpc) is 2.33. The Morgan fingerprint density at radius 3 is 2.50 bits per heavy atom. The fourth-order valence-corrected chi connectivity index (χ4v) is 1.97. The zero-order valence-electron chi connectivity index (χ0n) is 8.09. The smallest absolute Gasteiger partial charge is 0.153 e. The van der Waals surface area contributed by atoms with Gasteiger partial charge in [-0.15, -0.1) is 0 Å². The molecule has 0 spiro atoms. The van der Waals surface area contributed by atoms with Crippen LogP contribution >= 0.6 is 22.6 Å². The maximum absolute atomic E-state index is 10.8. The van der Waals surface area contributed by atoms with E-state index in [1.807, 2.05) is 22.6 Å². The van der Waals surface area contributed by atoms with Crippen LogP contribution in [0.2, 0.25) is 0 Å². The molecule has 0 aliphatic rings. The van der Waals surface area contributed by atoms with Crippen LogP contribution in [0.15, 0.2) is 30.9 Å². The van der Waals surface area contributed by atoms with E-state index in [0.717, 1.165) is 11.1 Å². The molecule has 0 fully saturated rings. The summed E-state index contributed by atoms with van der Waals surface area (Å²) in [6.07, 6.45) is 5.38. The average molecular weight is 326 g/mol. The highest BCUT2D eigenvalue weighted by atomic mass is 127. The van der Waals surface area contributed by atoms with E-state index in [1.165, 1.54) is 6.33 Å². The Morgan fingerprint density at radius 2 is 1.88 bits per heavy atom. The fraction of sp³-hybridized carbons (Fsp3) is 0. The zero-order chi connectivity index (χ0) is 11.5. The van der Waals surface area contributed by atoms with Crippen LogP contribution in [-0.2, 0) is 0 Å². The number of aromatic nitrogens is 2. The summed E-state index contributed by atoms with van der Waals surface area (Å²) in [5.41, 5.74) is 1.89. The molecule has 5 heteroatoms. The lowest BCUT2D eigenvalue weighted by Gasteiger charge is -2.05. The highest BCUT2D eigenvalue weighted by Gasteiger charge is 2.08. The van der Waals surface area contributed by atoms with Crippen LogP contribution < -0.4 is 0 Å². The van der Waals surface area contributed by atoms with Gasteiger partial charge in [0.25, 0.3) is 0 Å². The number of carbonyl (C=O) groups excluding carboxylic acids is 1. The van der Waals surface area contributed by atoms with Gasteiger partial charge in [-0.1, -0.05) is 0 Å². The Kier molecular flexibility index (Phi) is 3.14. The van der Waals surface area contributed by atoms with Crippen molar-refractivity contribution in [2.45, 2.75) is 0 Å². The lowest BCUT2D eigenvalue weighted by atomic mass is 10.1. The van der Waals surface area contributed by atoms with Crippen molar-refractivity contribution in [1.29, 1.82) is 0 Å². The van der Waals surface area contributed by atoms with Gasteiger partial charge in [-0.05, 0) is 40.3 Å². The summed E-state index contributed by atoms with van der Waals surface area (Å²) in [5.74, 6) is 0.0104. The minimum absolute atomic E-state index is 0.0104. The quantitative estimate of drug-likeness (QED) is 0.679. The minimum atomic E-state index is 0.0104. The normalized spacial score (nSPS) is 10.1. The Hall–Kier alpha value is -1.50. The number of halogens is 1. The van der Waals surface area contributed by atoms with Crippen LogP contribution in [0.1, 0.15) is 10.4 Å². The van der Waals surface area contributed by atoms with Gasteiger partial charge in [-0.25, -0.2) is 9.97 Å². The Morgan fingerprint density at radius 1 is 1.19 bits per heavy atom. The number of carbonyl (C=O) groups is 1. The van der Waals surface area contributed by atoms with Crippen LogP contribution in [-0.4, -0.2) is 21.4 Å². The first kappa shape index (κ1) is 11.0. The predicted octanol–water partition coefficient (Wildman–Crippen LogP) is 2.27. The molecule has 0 unspecified atom stereocenters. The van der Waals surface area contributed by atoms with Crippen molar-refractivity contribution in [3.63, 3.8) is 0 Å². The lowest BCUT2D eigenvalue weighted by molar-refractivity contribution is 0.112. The van der Waals surface area contributed by atoms with Gasteiger partial charge in [0.15, 0.2) is 6.29 Å².